The van der Waals surface area contributed by atoms with Gasteiger partial charge >= 0.3 is 5.97 Å². The van der Waals surface area contributed by atoms with Gasteiger partial charge in [0.25, 0.3) is 0 Å². The topological polar surface area (TPSA) is 156 Å². The molecule has 4 N–H and O–H groups in total. The van der Waals surface area contributed by atoms with Gasteiger partial charge in [-0.05, 0) is 55.7 Å². The zero-order valence-corrected chi connectivity index (χ0v) is 22.2. The first-order chi connectivity index (χ1) is 18.0. The quantitative estimate of drug-likeness (QED) is 0.352. The molecular formula is C27H38N4O7. The molecule has 2 unspecified atom stereocenters. The first-order valence-corrected chi connectivity index (χ1v) is 13.2. The summed E-state index contributed by atoms with van der Waals surface area (Å²) < 4.78 is 0. The van der Waals surface area contributed by atoms with Crippen LogP contribution in [0.3, 0.4) is 0 Å². The van der Waals surface area contributed by atoms with Gasteiger partial charge in [-0.15, -0.1) is 0 Å². The number of rotatable bonds is 10. The van der Waals surface area contributed by atoms with Crippen molar-refractivity contribution in [1.82, 2.24) is 20.4 Å². The van der Waals surface area contributed by atoms with Gasteiger partial charge in [0.2, 0.25) is 23.6 Å². The molecule has 4 amide bonds. The number of phenols is 1. The predicted octanol–water partition coefficient (Wildman–Crippen LogP) is 1.04. The first-order valence-electron chi connectivity index (χ1n) is 13.2. The number of carboxylic acid groups (broad SMARTS) is 1. The van der Waals surface area contributed by atoms with Gasteiger partial charge in [0.15, 0.2) is 0 Å². The minimum Gasteiger partial charge on any atom is -0.508 e. The van der Waals surface area contributed by atoms with Crippen molar-refractivity contribution < 1.29 is 34.2 Å². The van der Waals surface area contributed by atoms with Crippen LogP contribution < -0.4 is 10.6 Å². The number of carbonyl (C=O) groups is 5. The number of aliphatic carboxylic acids is 1. The Morgan fingerprint density at radius 2 is 1.53 bits per heavy atom. The number of carboxylic acids is 1. The Morgan fingerprint density at radius 3 is 2.11 bits per heavy atom. The van der Waals surface area contributed by atoms with Gasteiger partial charge in [0, 0.05) is 26.4 Å². The average Bonchev–Trinajstić information content (AvgIpc) is 3.54. The van der Waals surface area contributed by atoms with Crippen molar-refractivity contribution in [3.05, 3.63) is 29.8 Å². The summed E-state index contributed by atoms with van der Waals surface area (Å²) in [6, 6.07) is 2.56. The molecule has 2 saturated heterocycles. The van der Waals surface area contributed by atoms with E-state index in [1.54, 1.807) is 12.1 Å². The summed E-state index contributed by atoms with van der Waals surface area (Å²) in [4.78, 5) is 66.7. The summed E-state index contributed by atoms with van der Waals surface area (Å²) in [6.45, 7) is 6.01. The first kappa shape index (κ1) is 28.9. The number of aromatic hydroxyl groups is 1. The van der Waals surface area contributed by atoms with Gasteiger partial charge in [0.05, 0.1) is 0 Å². The van der Waals surface area contributed by atoms with E-state index in [4.69, 9.17) is 0 Å². The van der Waals surface area contributed by atoms with E-state index in [2.05, 4.69) is 10.6 Å². The minimum atomic E-state index is -1.17. The highest BCUT2D eigenvalue weighted by molar-refractivity contribution is 5.95. The number of carbonyl (C=O) groups excluding carboxylic acids is 4. The number of hydrogen-bond acceptors (Lipinski definition) is 6. The van der Waals surface area contributed by atoms with Crippen LogP contribution in [0.15, 0.2) is 24.3 Å². The van der Waals surface area contributed by atoms with Crippen LogP contribution in [0.5, 0.6) is 5.75 Å². The van der Waals surface area contributed by atoms with Gasteiger partial charge in [-0.3, -0.25) is 19.2 Å². The molecule has 0 aromatic heterocycles. The van der Waals surface area contributed by atoms with E-state index in [1.165, 1.54) is 28.9 Å². The van der Waals surface area contributed by atoms with Crippen LogP contribution in [-0.4, -0.2) is 86.9 Å². The third-order valence-corrected chi connectivity index (χ3v) is 7.11. The van der Waals surface area contributed by atoms with Crippen LogP contribution in [-0.2, 0) is 30.4 Å². The molecule has 2 aliphatic rings. The monoisotopic (exact) mass is 530 g/mol. The SMILES string of the molecule is CC(=O)N1CCC[C@H]1C(=O)N1CCC[C@H]1C(=O)NC(Cc1ccc(O)cc1)C(=O)NC(CC(C)C)C(=O)O. The molecule has 0 aliphatic carbocycles. The zero-order chi connectivity index (χ0) is 28.0. The van der Waals surface area contributed by atoms with Crippen LogP contribution >= 0.6 is 0 Å². The molecule has 0 spiro atoms. The number of nitrogens with one attached hydrogen (secondary N) is 2. The molecule has 3 rings (SSSR count). The maximum absolute atomic E-state index is 13.4. The Labute approximate surface area is 222 Å². The molecule has 0 radical (unpaired) electrons. The fourth-order valence-corrected chi connectivity index (χ4v) is 5.20. The van der Waals surface area contributed by atoms with Crippen LogP contribution in [0.2, 0.25) is 0 Å². The number of amides is 4. The van der Waals surface area contributed by atoms with Crippen molar-refractivity contribution in [3.63, 3.8) is 0 Å². The third kappa shape index (κ3) is 7.23. The lowest BCUT2D eigenvalue weighted by Gasteiger charge is -2.31. The Hall–Kier alpha value is -3.63. The Kier molecular flexibility index (Phi) is 9.71. The molecule has 2 heterocycles. The van der Waals surface area contributed by atoms with E-state index < -0.39 is 42.0 Å². The van der Waals surface area contributed by atoms with E-state index in [1.807, 2.05) is 13.8 Å². The average molecular weight is 531 g/mol. The maximum atomic E-state index is 13.4. The Balaban J connectivity index is 1.77. The summed E-state index contributed by atoms with van der Waals surface area (Å²) in [5.41, 5.74) is 0.654. The lowest BCUT2D eigenvalue weighted by atomic mass is 10.0. The largest absolute Gasteiger partial charge is 0.508 e. The Morgan fingerprint density at radius 1 is 0.921 bits per heavy atom. The zero-order valence-electron chi connectivity index (χ0n) is 22.2. The molecule has 11 nitrogen and oxygen atoms in total. The number of benzene rings is 1. The van der Waals surface area contributed by atoms with Crippen LogP contribution in [0.4, 0.5) is 0 Å². The van der Waals surface area contributed by atoms with E-state index in [0.717, 1.165) is 6.42 Å². The van der Waals surface area contributed by atoms with Gasteiger partial charge < -0.3 is 30.6 Å². The van der Waals surface area contributed by atoms with Crippen molar-refractivity contribution in [1.29, 1.82) is 0 Å². The summed E-state index contributed by atoms with van der Waals surface area (Å²) >= 11 is 0. The highest BCUT2D eigenvalue weighted by Gasteiger charge is 2.42. The maximum Gasteiger partial charge on any atom is 0.326 e. The lowest BCUT2D eigenvalue weighted by molar-refractivity contribution is -0.146. The fourth-order valence-electron chi connectivity index (χ4n) is 5.20. The van der Waals surface area contributed by atoms with E-state index in [9.17, 15) is 34.2 Å². The van der Waals surface area contributed by atoms with Gasteiger partial charge in [-0.2, -0.15) is 0 Å². The molecule has 2 fully saturated rings. The highest BCUT2D eigenvalue weighted by atomic mass is 16.4. The smallest absolute Gasteiger partial charge is 0.326 e. The Bertz CT molecular complexity index is 1040. The predicted molar refractivity (Wildman–Crippen MR) is 138 cm³/mol. The molecule has 208 valence electrons. The molecule has 4 atom stereocenters. The molecule has 2 aliphatic heterocycles. The van der Waals surface area contributed by atoms with Crippen molar-refractivity contribution in [2.45, 2.75) is 83.5 Å². The van der Waals surface area contributed by atoms with Gasteiger partial charge in [-0.25, -0.2) is 4.79 Å². The van der Waals surface area contributed by atoms with E-state index >= 15 is 0 Å². The van der Waals surface area contributed by atoms with Crippen LogP contribution in [0, 0.1) is 5.92 Å². The summed E-state index contributed by atoms with van der Waals surface area (Å²) in [5.74, 6) is -2.69. The highest BCUT2D eigenvalue weighted by Crippen LogP contribution is 2.25. The third-order valence-electron chi connectivity index (χ3n) is 7.11. The number of phenolic OH excluding ortho intramolecular Hbond substituents is 1. The number of hydrogen-bond donors (Lipinski definition) is 4. The molecule has 1 aromatic rings. The molecule has 1 aromatic carbocycles. The standard InChI is InChI=1S/C27H38N4O7/c1-16(2)14-21(27(37)38)29-24(34)20(15-18-8-10-19(33)11-9-18)28-25(35)22-6-4-13-31(22)26(36)23-7-5-12-30(23)17(3)32/h8-11,16,20-23,33H,4-7,12-15H2,1-3H3,(H,28,35)(H,29,34)(H,37,38)/t20?,21?,22-,23-/m0/s1. The lowest BCUT2D eigenvalue weighted by Crippen LogP contribution is -2.57. The van der Waals surface area contributed by atoms with E-state index in [0.29, 0.717) is 37.9 Å². The molecular weight excluding hydrogens is 492 g/mol. The fraction of sp³-hybridized carbons (Fsp3) is 0.593. The second kappa shape index (κ2) is 12.7. The summed E-state index contributed by atoms with van der Waals surface area (Å²) in [5, 5.41) is 24.5. The van der Waals surface area contributed by atoms with Crippen LogP contribution in [0.25, 0.3) is 0 Å². The number of likely N-dealkylation sites (tertiary alicyclic amines) is 2. The van der Waals surface area contributed by atoms with Crippen molar-refractivity contribution >= 4 is 29.6 Å². The normalized spacial score (nSPS) is 20.7. The van der Waals surface area contributed by atoms with Crippen molar-refractivity contribution in [2.75, 3.05) is 13.1 Å². The molecule has 0 saturated carbocycles. The summed E-state index contributed by atoms with van der Waals surface area (Å²) in [7, 11) is 0. The van der Waals surface area contributed by atoms with Crippen LogP contribution in [0.1, 0.15) is 58.4 Å². The van der Waals surface area contributed by atoms with Crippen molar-refractivity contribution in [2.24, 2.45) is 5.92 Å². The molecule has 38 heavy (non-hydrogen) atoms. The molecule has 0 bridgehead atoms. The molecule has 11 heteroatoms. The second-order valence-corrected chi connectivity index (χ2v) is 10.5. The van der Waals surface area contributed by atoms with Crippen molar-refractivity contribution in [3.8, 4) is 5.75 Å². The van der Waals surface area contributed by atoms with E-state index in [-0.39, 0.29) is 36.3 Å². The van der Waals surface area contributed by atoms with Gasteiger partial charge in [0.1, 0.15) is 29.9 Å². The second-order valence-electron chi connectivity index (χ2n) is 10.5. The minimum absolute atomic E-state index is 0.0183. The van der Waals surface area contributed by atoms with Gasteiger partial charge in [-0.1, -0.05) is 26.0 Å². The summed E-state index contributed by atoms with van der Waals surface area (Å²) in [6.07, 6.45) is 2.58. The number of nitrogens with zero attached hydrogens (tertiary/aromatic N) is 2.